The molecular formula is C20H27N5OS. The van der Waals surface area contributed by atoms with Gasteiger partial charge in [-0.15, -0.1) is 0 Å². The third kappa shape index (κ3) is 4.65. The summed E-state index contributed by atoms with van der Waals surface area (Å²) in [7, 11) is 0. The lowest BCUT2D eigenvalue weighted by Crippen LogP contribution is -2.25. The Morgan fingerprint density at radius 2 is 2.22 bits per heavy atom. The number of aromatic nitrogens is 1. The monoisotopic (exact) mass is 385 g/mol. The number of nitrogens with one attached hydrogen (secondary N) is 2. The van der Waals surface area contributed by atoms with Crippen molar-refractivity contribution in [3.05, 3.63) is 34.6 Å². The van der Waals surface area contributed by atoms with Crippen LogP contribution in [0.1, 0.15) is 31.4 Å². The van der Waals surface area contributed by atoms with Crippen LogP contribution in [-0.2, 0) is 11.3 Å². The number of carbonyl (C=O) groups is 1. The Kier molecular flexibility index (Phi) is 5.99. The number of rotatable bonds is 2. The number of hydrogen-bond donors (Lipinski definition) is 3. The zero-order valence-corrected chi connectivity index (χ0v) is 16.4. The molecule has 0 saturated carbocycles. The lowest BCUT2D eigenvalue weighted by atomic mass is 9.98. The van der Waals surface area contributed by atoms with E-state index in [1.54, 1.807) is 0 Å². The number of aliphatic imine (C=N–C) groups is 1. The van der Waals surface area contributed by atoms with E-state index in [0.717, 1.165) is 56.1 Å². The van der Waals surface area contributed by atoms with Crippen molar-refractivity contribution in [3.8, 4) is 0 Å². The Bertz CT molecular complexity index is 775. The Morgan fingerprint density at radius 1 is 1.26 bits per heavy atom. The number of hydrogen-bond acceptors (Lipinski definition) is 6. The molecule has 3 aliphatic heterocycles. The summed E-state index contributed by atoms with van der Waals surface area (Å²) >= 11 is 1.23. The number of nitrogens with zero attached hydrogens (tertiary/aromatic N) is 3. The summed E-state index contributed by atoms with van der Waals surface area (Å²) in [5.41, 5.74) is 1.00. The fraction of sp³-hybridized carbons (Fsp3) is 0.500. The van der Waals surface area contributed by atoms with Crippen LogP contribution in [0.5, 0.6) is 0 Å². The van der Waals surface area contributed by atoms with Crippen LogP contribution in [0.25, 0.3) is 0 Å². The van der Waals surface area contributed by atoms with Crippen LogP contribution in [0.3, 0.4) is 0 Å². The second-order valence-corrected chi connectivity index (χ2v) is 8.46. The molecule has 4 heterocycles. The van der Waals surface area contributed by atoms with Gasteiger partial charge in [-0.25, -0.2) is 9.98 Å². The molecule has 0 radical (unpaired) electrons. The van der Waals surface area contributed by atoms with E-state index >= 15 is 0 Å². The van der Waals surface area contributed by atoms with Gasteiger partial charge in [0, 0.05) is 49.8 Å². The van der Waals surface area contributed by atoms with Crippen molar-refractivity contribution in [2.24, 2.45) is 10.9 Å². The maximum absolute atomic E-state index is 11.1. The van der Waals surface area contributed by atoms with Crippen LogP contribution in [0.15, 0.2) is 33.9 Å². The molecule has 1 saturated heterocycles. The van der Waals surface area contributed by atoms with E-state index in [4.69, 9.17) is 9.98 Å². The van der Waals surface area contributed by atoms with Gasteiger partial charge in [-0.1, -0.05) is 6.07 Å². The second-order valence-electron chi connectivity index (χ2n) is 7.37. The Hall–Kier alpha value is -1.99. The summed E-state index contributed by atoms with van der Waals surface area (Å²) in [4.78, 5) is 24.3. The Balaban J connectivity index is 1.58. The molecule has 0 spiro atoms. The molecule has 7 heteroatoms. The van der Waals surface area contributed by atoms with E-state index < -0.39 is 0 Å². The lowest BCUT2D eigenvalue weighted by Gasteiger charge is -2.23. The quantitative estimate of drug-likeness (QED) is 0.414. The van der Waals surface area contributed by atoms with Gasteiger partial charge in [0.15, 0.2) is 0 Å². The van der Waals surface area contributed by atoms with Gasteiger partial charge in [-0.05, 0) is 42.7 Å². The fourth-order valence-electron chi connectivity index (χ4n) is 3.99. The summed E-state index contributed by atoms with van der Waals surface area (Å²) in [6.45, 7) is 3.67. The number of thiol groups is 1. The minimum atomic E-state index is 0.146. The highest BCUT2D eigenvalue weighted by Gasteiger charge is 2.26. The maximum atomic E-state index is 11.1. The van der Waals surface area contributed by atoms with Gasteiger partial charge in [0.2, 0.25) is 0 Å². The molecule has 4 bridgehead atoms. The van der Waals surface area contributed by atoms with Gasteiger partial charge in [-0.2, -0.15) is 11.4 Å². The molecule has 2 N–H and O–H groups in total. The van der Waals surface area contributed by atoms with Crippen molar-refractivity contribution in [1.29, 1.82) is 0 Å². The molecule has 6 nitrogen and oxygen atoms in total. The average Bonchev–Trinajstić information content (AvgIpc) is 3.15. The van der Waals surface area contributed by atoms with Gasteiger partial charge in [0.05, 0.1) is 5.69 Å². The molecule has 1 aromatic heterocycles. The lowest BCUT2D eigenvalue weighted by molar-refractivity contribution is -0.108. The van der Waals surface area contributed by atoms with Crippen LogP contribution in [-0.4, -0.2) is 53.4 Å². The van der Waals surface area contributed by atoms with Gasteiger partial charge >= 0.3 is 0 Å². The summed E-state index contributed by atoms with van der Waals surface area (Å²) in [6, 6.07) is 6.19. The van der Waals surface area contributed by atoms with Crippen molar-refractivity contribution >= 4 is 35.0 Å². The smallest absolute Gasteiger partial charge is 0.138 e. The first-order valence-electron chi connectivity index (χ1n) is 9.73. The van der Waals surface area contributed by atoms with E-state index in [1.165, 1.54) is 22.7 Å². The third-order valence-corrected chi connectivity index (χ3v) is 6.35. The first-order chi connectivity index (χ1) is 13.3. The zero-order valence-electron chi connectivity index (χ0n) is 15.5. The number of aldehydes is 1. The van der Waals surface area contributed by atoms with Crippen molar-refractivity contribution < 1.29 is 4.79 Å². The minimum Gasteiger partial charge on any atom is -0.367 e. The van der Waals surface area contributed by atoms with Crippen molar-refractivity contribution in [3.63, 3.8) is 0 Å². The maximum Gasteiger partial charge on any atom is 0.138 e. The zero-order chi connectivity index (χ0) is 18.5. The molecule has 4 rings (SSSR count). The van der Waals surface area contributed by atoms with Crippen LogP contribution in [0.4, 0.5) is 5.82 Å². The van der Waals surface area contributed by atoms with E-state index in [9.17, 15) is 4.79 Å². The van der Waals surface area contributed by atoms with Crippen molar-refractivity contribution in [2.45, 2.75) is 38.3 Å². The third-order valence-electron chi connectivity index (χ3n) is 5.40. The molecule has 0 aromatic carbocycles. The summed E-state index contributed by atoms with van der Waals surface area (Å²) in [5, 5.41) is 9.11. The topological polar surface area (TPSA) is 69.6 Å². The number of carbonyl (C=O) groups excluding carboxylic acids is 1. The molecule has 27 heavy (non-hydrogen) atoms. The molecule has 2 atom stereocenters. The van der Waals surface area contributed by atoms with E-state index in [1.807, 2.05) is 24.4 Å². The van der Waals surface area contributed by atoms with E-state index in [0.29, 0.717) is 18.9 Å². The standard InChI is InChI=1S/C20H27N5OS/c26-10-7-16-5-4-15-6-9-25(14-15)20-18(27-11-8-22-20)13-21-12-17-2-1-3-19(23-16)24-17/h1-3,8,10-11,15-16,21,27H,4-7,9,12-14H2,(H,23,24). The fourth-order valence-corrected chi connectivity index (χ4v) is 4.82. The first kappa shape index (κ1) is 18.4. The first-order valence-corrected chi connectivity index (χ1v) is 10.7. The molecule has 2 unspecified atom stereocenters. The number of pyridine rings is 1. The normalized spacial score (nSPS) is 25.7. The van der Waals surface area contributed by atoms with Crippen molar-refractivity contribution in [2.75, 3.05) is 25.0 Å². The number of anilines is 1. The van der Waals surface area contributed by atoms with Crippen LogP contribution < -0.4 is 10.6 Å². The highest BCUT2D eigenvalue weighted by Crippen LogP contribution is 2.29. The predicted octanol–water partition coefficient (Wildman–Crippen LogP) is 2.18. The van der Waals surface area contributed by atoms with Gasteiger partial charge in [0.1, 0.15) is 17.9 Å². The largest absolute Gasteiger partial charge is 0.367 e. The van der Waals surface area contributed by atoms with Gasteiger partial charge < -0.3 is 20.3 Å². The van der Waals surface area contributed by atoms with Gasteiger partial charge in [0.25, 0.3) is 0 Å². The Morgan fingerprint density at radius 3 is 3.15 bits per heavy atom. The van der Waals surface area contributed by atoms with E-state index in [-0.39, 0.29) is 6.04 Å². The molecule has 3 aliphatic rings. The van der Waals surface area contributed by atoms with Crippen LogP contribution in [0.2, 0.25) is 0 Å². The highest BCUT2D eigenvalue weighted by atomic mass is 32.1. The van der Waals surface area contributed by atoms with Crippen LogP contribution in [0, 0.1) is 5.92 Å². The minimum absolute atomic E-state index is 0.146. The Labute approximate surface area is 164 Å². The molecule has 1 fully saturated rings. The molecule has 0 amide bonds. The second kappa shape index (κ2) is 8.80. The van der Waals surface area contributed by atoms with Gasteiger partial charge in [-0.3, -0.25) is 0 Å². The SMILES string of the molecule is O=CCC1CCC2CCN(C2)C2=C(CNCc3cccc(n3)N1)[SH]=CC=N2. The summed E-state index contributed by atoms with van der Waals surface area (Å²) in [6.07, 6.45) is 6.77. The predicted molar refractivity (Wildman–Crippen MR) is 114 cm³/mol. The number of fused-ring (bicyclic) bond motifs is 5. The summed E-state index contributed by atoms with van der Waals surface area (Å²) in [5.74, 6) is 2.66. The highest BCUT2D eigenvalue weighted by molar-refractivity contribution is 8.02. The van der Waals surface area contributed by atoms with Crippen LogP contribution >= 0.6 is 11.4 Å². The molecular weight excluding hydrogens is 358 g/mol. The molecule has 144 valence electrons. The van der Waals surface area contributed by atoms with E-state index in [2.05, 4.69) is 20.9 Å². The summed E-state index contributed by atoms with van der Waals surface area (Å²) < 4.78 is 0. The molecule has 0 aliphatic carbocycles. The average molecular weight is 386 g/mol. The molecule has 1 aromatic rings. The van der Waals surface area contributed by atoms with Crippen molar-refractivity contribution in [1.82, 2.24) is 15.2 Å².